The molecule has 1 rings (SSSR count). The van der Waals surface area contributed by atoms with Gasteiger partial charge < -0.3 is 4.74 Å². The second-order valence-electron chi connectivity index (χ2n) is 6.48. The molecule has 2 nitrogen and oxygen atoms in total. The molecule has 0 heterocycles. The molecule has 1 fully saturated rings. The van der Waals surface area contributed by atoms with E-state index >= 15 is 0 Å². The van der Waals surface area contributed by atoms with Crippen LogP contribution in [0.5, 0.6) is 0 Å². The number of hydrogen-bond donors (Lipinski definition) is 0. The fourth-order valence-corrected chi connectivity index (χ4v) is 2.62. The summed E-state index contributed by atoms with van der Waals surface area (Å²) in [6.07, 6.45) is 3.37. The molecule has 16 heavy (non-hydrogen) atoms. The van der Waals surface area contributed by atoms with Gasteiger partial charge in [-0.1, -0.05) is 13.8 Å². The lowest BCUT2D eigenvalue weighted by molar-refractivity contribution is -0.134. The first-order valence-electron chi connectivity index (χ1n) is 6.44. The van der Waals surface area contributed by atoms with E-state index in [0.717, 1.165) is 12.8 Å². The van der Waals surface area contributed by atoms with E-state index in [1.807, 2.05) is 20.8 Å². The molecule has 0 spiro atoms. The van der Waals surface area contributed by atoms with Gasteiger partial charge in [0, 0.05) is 5.92 Å². The van der Waals surface area contributed by atoms with Crippen molar-refractivity contribution in [2.75, 3.05) is 6.61 Å². The smallest absolute Gasteiger partial charge is 0.161 e. The van der Waals surface area contributed by atoms with Crippen molar-refractivity contribution in [1.29, 1.82) is 0 Å². The molecular weight excluding hydrogens is 200 g/mol. The van der Waals surface area contributed by atoms with E-state index < -0.39 is 0 Å². The van der Waals surface area contributed by atoms with E-state index in [1.54, 1.807) is 0 Å². The minimum Gasteiger partial charge on any atom is -0.368 e. The standard InChI is InChI=1S/C14H26O2/c1-10-6-11(2)8-12(7-10)13(15)9-16-14(3,4)5/h10-12H,6-9H2,1-5H3. The predicted molar refractivity (Wildman–Crippen MR) is 66.4 cm³/mol. The highest BCUT2D eigenvalue weighted by atomic mass is 16.5. The van der Waals surface area contributed by atoms with Crippen molar-refractivity contribution in [3.63, 3.8) is 0 Å². The summed E-state index contributed by atoms with van der Waals surface area (Å²) in [5.74, 6) is 1.91. The van der Waals surface area contributed by atoms with Gasteiger partial charge in [0.15, 0.2) is 5.78 Å². The maximum absolute atomic E-state index is 12.0. The Morgan fingerprint density at radius 3 is 2.06 bits per heavy atom. The van der Waals surface area contributed by atoms with Gasteiger partial charge in [0.05, 0.1) is 5.60 Å². The van der Waals surface area contributed by atoms with Gasteiger partial charge in [-0.2, -0.15) is 0 Å². The van der Waals surface area contributed by atoms with Gasteiger partial charge in [-0.25, -0.2) is 0 Å². The van der Waals surface area contributed by atoms with Gasteiger partial charge in [-0.3, -0.25) is 4.79 Å². The molecule has 0 N–H and O–H groups in total. The highest BCUT2D eigenvalue weighted by Crippen LogP contribution is 2.33. The van der Waals surface area contributed by atoms with Gasteiger partial charge in [0.2, 0.25) is 0 Å². The highest BCUT2D eigenvalue weighted by molar-refractivity contribution is 5.82. The van der Waals surface area contributed by atoms with E-state index in [-0.39, 0.29) is 18.1 Å². The Balaban J connectivity index is 2.41. The van der Waals surface area contributed by atoms with E-state index in [0.29, 0.717) is 17.6 Å². The van der Waals surface area contributed by atoms with Crippen LogP contribution in [0.1, 0.15) is 53.9 Å². The van der Waals surface area contributed by atoms with Crippen LogP contribution >= 0.6 is 0 Å². The van der Waals surface area contributed by atoms with Crippen LogP contribution in [0.15, 0.2) is 0 Å². The first kappa shape index (κ1) is 13.7. The normalized spacial score (nSPS) is 31.4. The van der Waals surface area contributed by atoms with E-state index in [4.69, 9.17) is 4.74 Å². The van der Waals surface area contributed by atoms with Crippen LogP contribution in [0.25, 0.3) is 0 Å². The maximum Gasteiger partial charge on any atom is 0.161 e. The quantitative estimate of drug-likeness (QED) is 0.737. The van der Waals surface area contributed by atoms with E-state index in [9.17, 15) is 4.79 Å². The number of hydrogen-bond acceptors (Lipinski definition) is 2. The molecule has 2 unspecified atom stereocenters. The predicted octanol–water partition coefficient (Wildman–Crippen LogP) is 3.44. The molecule has 1 aliphatic rings. The summed E-state index contributed by atoms with van der Waals surface area (Å²) in [6, 6.07) is 0. The maximum atomic E-state index is 12.0. The summed E-state index contributed by atoms with van der Waals surface area (Å²) < 4.78 is 5.57. The monoisotopic (exact) mass is 226 g/mol. The third-order valence-electron chi connectivity index (χ3n) is 3.28. The number of ketones is 1. The zero-order valence-corrected chi connectivity index (χ0v) is 11.4. The molecule has 0 aromatic rings. The number of rotatable bonds is 3. The number of ether oxygens (including phenoxy) is 1. The molecule has 0 saturated heterocycles. The molecule has 0 aliphatic heterocycles. The van der Waals surface area contributed by atoms with Crippen LogP contribution in [0, 0.1) is 17.8 Å². The molecular formula is C14H26O2. The second-order valence-corrected chi connectivity index (χ2v) is 6.48. The van der Waals surface area contributed by atoms with Crippen LogP contribution in [0.3, 0.4) is 0 Å². The van der Waals surface area contributed by atoms with E-state index in [1.165, 1.54) is 6.42 Å². The summed E-state index contributed by atoms with van der Waals surface area (Å²) in [7, 11) is 0. The summed E-state index contributed by atoms with van der Waals surface area (Å²) in [5.41, 5.74) is -0.207. The summed E-state index contributed by atoms with van der Waals surface area (Å²) >= 11 is 0. The molecule has 0 aromatic carbocycles. The fourth-order valence-electron chi connectivity index (χ4n) is 2.62. The van der Waals surface area contributed by atoms with Crippen molar-refractivity contribution < 1.29 is 9.53 Å². The van der Waals surface area contributed by atoms with Gasteiger partial charge in [0.1, 0.15) is 6.61 Å². The molecule has 0 bridgehead atoms. The van der Waals surface area contributed by atoms with Crippen LogP contribution in [-0.2, 0) is 9.53 Å². The Morgan fingerprint density at radius 2 is 1.62 bits per heavy atom. The van der Waals surface area contributed by atoms with Gasteiger partial charge in [0.25, 0.3) is 0 Å². The highest BCUT2D eigenvalue weighted by Gasteiger charge is 2.29. The lowest BCUT2D eigenvalue weighted by Gasteiger charge is -2.31. The largest absolute Gasteiger partial charge is 0.368 e. The summed E-state index contributed by atoms with van der Waals surface area (Å²) in [5, 5.41) is 0. The van der Waals surface area contributed by atoms with Crippen molar-refractivity contribution in [1.82, 2.24) is 0 Å². The molecule has 2 atom stereocenters. The molecule has 0 amide bonds. The van der Waals surface area contributed by atoms with Crippen molar-refractivity contribution in [2.45, 2.75) is 59.5 Å². The molecule has 94 valence electrons. The summed E-state index contributed by atoms with van der Waals surface area (Å²) in [4.78, 5) is 12.0. The lowest BCUT2D eigenvalue weighted by Crippen LogP contribution is -2.31. The average Bonchev–Trinajstić information content (AvgIpc) is 2.11. The Hall–Kier alpha value is -0.370. The molecule has 2 heteroatoms. The SMILES string of the molecule is CC1CC(C)CC(C(=O)COC(C)(C)C)C1. The van der Waals surface area contributed by atoms with Crippen LogP contribution in [0.2, 0.25) is 0 Å². The van der Waals surface area contributed by atoms with Crippen LogP contribution in [0.4, 0.5) is 0 Å². The summed E-state index contributed by atoms with van der Waals surface area (Å²) in [6.45, 7) is 10.8. The fraction of sp³-hybridized carbons (Fsp3) is 0.929. The first-order valence-corrected chi connectivity index (χ1v) is 6.44. The van der Waals surface area contributed by atoms with Crippen molar-refractivity contribution in [2.24, 2.45) is 17.8 Å². The molecule has 1 aliphatic carbocycles. The second kappa shape index (κ2) is 5.31. The zero-order chi connectivity index (χ0) is 12.3. The lowest BCUT2D eigenvalue weighted by atomic mass is 9.75. The van der Waals surface area contributed by atoms with Gasteiger partial charge in [-0.15, -0.1) is 0 Å². The van der Waals surface area contributed by atoms with Crippen molar-refractivity contribution in [3.8, 4) is 0 Å². The van der Waals surface area contributed by atoms with E-state index in [2.05, 4.69) is 13.8 Å². The van der Waals surface area contributed by atoms with Crippen molar-refractivity contribution in [3.05, 3.63) is 0 Å². The molecule has 0 radical (unpaired) electrons. The Morgan fingerprint density at radius 1 is 1.12 bits per heavy atom. The number of carbonyl (C=O) groups is 1. The van der Waals surface area contributed by atoms with Crippen molar-refractivity contribution >= 4 is 5.78 Å². The molecule has 0 aromatic heterocycles. The van der Waals surface area contributed by atoms with Crippen LogP contribution < -0.4 is 0 Å². The number of carbonyl (C=O) groups excluding carboxylic acids is 1. The third-order valence-corrected chi connectivity index (χ3v) is 3.28. The number of Topliss-reactive ketones (excluding diaryl/α,β-unsaturated/α-hetero) is 1. The Bertz CT molecular complexity index is 230. The Labute approximate surface area is 99.8 Å². The average molecular weight is 226 g/mol. The third kappa shape index (κ3) is 4.65. The Kier molecular flexibility index (Phi) is 4.54. The zero-order valence-electron chi connectivity index (χ0n) is 11.4. The topological polar surface area (TPSA) is 26.3 Å². The minimum absolute atomic E-state index is 0.207. The van der Waals surface area contributed by atoms with Gasteiger partial charge >= 0.3 is 0 Å². The van der Waals surface area contributed by atoms with Crippen LogP contribution in [-0.4, -0.2) is 18.0 Å². The first-order chi connectivity index (χ1) is 7.28. The minimum atomic E-state index is -0.207. The van der Waals surface area contributed by atoms with Gasteiger partial charge in [-0.05, 0) is 51.9 Å². The molecule has 1 saturated carbocycles.